The summed E-state index contributed by atoms with van der Waals surface area (Å²) in [6.45, 7) is 1.96. The predicted octanol–water partition coefficient (Wildman–Crippen LogP) is 5.28. The van der Waals surface area contributed by atoms with E-state index >= 15 is 0 Å². The summed E-state index contributed by atoms with van der Waals surface area (Å²) in [5, 5.41) is 1.79. The summed E-state index contributed by atoms with van der Waals surface area (Å²) in [6, 6.07) is 16.1. The smallest absolute Gasteiger partial charge is 0.406 e. The standard InChI is InChI=1S/C19H13F3O2/c1-12-6-11-17(16-5-3-2-4-15(12)16)18(23)13-7-9-14(10-8-13)24-19(20,21)22/h2-11H,1H3. The van der Waals surface area contributed by atoms with Crippen LogP contribution in [0, 0.1) is 6.92 Å². The first-order valence-electron chi connectivity index (χ1n) is 7.24. The van der Waals surface area contributed by atoms with Crippen molar-refractivity contribution in [1.82, 2.24) is 0 Å². The van der Waals surface area contributed by atoms with Crippen LogP contribution in [-0.4, -0.2) is 12.1 Å². The molecule has 2 nitrogen and oxygen atoms in total. The molecule has 0 aromatic heterocycles. The molecular formula is C19H13F3O2. The van der Waals surface area contributed by atoms with Crippen LogP contribution in [0.2, 0.25) is 0 Å². The molecule has 0 bridgehead atoms. The number of benzene rings is 3. The molecule has 122 valence electrons. The van der Waals surface area contributed by atoms with Crippen LogP contribution in [-0.2, 0) is 0 Å². The van der Waals surface area contributed by atoms with Gasteiger partial charge in [-0.1, -0.05) is 36.4 Å². The largest absolute Gasteiger partial charge is 0.573 e. The van der Waals surface area contributed by atoms with Gasteiger partial charge in [0.15, 0.2) is 5.78 Å². The first-order valence-corrected chi connectivity index (χ1v) is 7.24. The van der Waals surface area contributed by atoms with Gasteiger partial charge in [-0.2, -0.15) is 0 Å². The summed E-state index contributed by atoms with van der Waals surface area (Å²) < 4.78 is 40.4. The highest BCUT2D eigenvalue weighted by atomic mass is 19.4. The lowest BCUT2D eigenvalue weighted by Gasteiger charge is -2.10. The van der Waals surface area contributed by atoms with Crippen LogP contribution in [0.3, 0.4) is 0 Å². The molecule has 0 saturated heterocycles. The number of aryl methyl sites for hydroxylation is 1. The normalized spacial score (nSPS) is 11.5. The van der Waals surface area contributed by atoms with Crippen LogP contribution >= 0.6 is 0 Å². The van der Waals surface area contributed by atoms with Crippen molar-refractivity contribution in [2.45, 2.75) is 13.3 Å². The summed E-state index contributed by atoms with van der Waals surface area (Å²) in [5.74, 6) is -0.599. The second kappa shape index (κ2) is 6.00. The zero-order valence-corrected chi connectivity index (χ0v) is 12.7. The molecule has 0 amide bonds. The highest BCUT2D eigenvalue weighted by Crippen LogP contribution is 2.26. The molecule has 0 spiro atoms. The van der Waals surface area contributed by atoms with Crippen LogP contribution in [0.4, 0.5) is 13.2 Å². The summed E-state index contributed by atoms with van der Waals surface area (Å²) in [4.78, 5) is 12.7. The number of carbonyl (C=O) groups excluding carboxylic acids is 1. The van der Waals surface area contributed by atoms with E-state index in [9.17, 15) is 18.0 Å². The van der Waals surface area contributed by atoms with Crippen LogP contribution in [0.1, 0.15) is 21.5 Å². The zero-order valence-electron chi connectivity index (χ0n) is 12.7. The van der Waals surface area contributed by atoms with Crippen molar-refractivity contribution in [1.29, 1.82) is 0 Å². The molecule has 0 aliphatic heterocycles. The highest BCUT2D eigenvalue weighted by molar-refractivity contribution is 6.16. The van der Waals surface area contributed by atoms with Gasteiger partial charge in [-0.3, -0.25) is 4.79 Å². The number of fused-ring (bicyclic) bond motifs is 1. The Morgan fingerprint density at radius 2 is 1.50 bits per heavy atom. The second-order valence-electron chi connectivity index (χ2n) is 5.38. The predicted molar refractivity (Wildman–Crippen MR) is 85.2 cm³/mol. The Bertz CT molecular complexity index is 897. The van der Waals surface area contributed by atoms with Crippen molar-refractivity contribution in [2.75, 3.05) is 0 Å². The molecular weight excluding hydrogens is 317 g/mol. The van der Waals surface area contributed by atoms with Crippen molar-refractivity contribution >= 4 is 16.6 Å². The Balaban J connectivity index is 1.97. The lowest BCUT2D eigenvalue weighted by molar-refractivity contribution is -0.274. The molecule has 0 unspecified atom stereocenters. The van der Waals surface area contributed by atoms with Gasteiger partial charge in [0.1, 0.15) is 5.75 Å². The Morgan fingerprint density at radius 3 is 2.12 bits per heavy atom. The average molecular weight is 330 g/mol. The van der Waals surface area contributed by atoms with Crippen LogP contribution in [0.15, 0.2) is 60.7 Å². The van der Waals surface area contributed by atoms with Crippen molar-refractivity contribution in [3.8, 4) is 5.75 Å². The third-order valence-electron chi connectivity index (χ3n) is 3.74. The van der Waals surface area contributed by atoms with Crippen LogP contribution in [0.5, 0.6) is 5.75 Å². The van der Waals surface area contributed by atoms with E-state index in [1.165, 1.54) is 12.1 Å². The van der Waals surface area contributed by atoms with E-state index in [0.717, 1.165) is 28.5 Å². The van der Waals surface area contributed by atoms with Gasteiger partial charge in [0.25, 0.3) is 0 Å². The van der Waals surface area contributed by atoms with E-state index in [-0.39, 0.29) is 11.5 Å². The van der Waals surface area contributed by atoms with Gasteiger partial charge in [0, 0.05) is 11.1 Å². The molecule has 0 atom stereocenters. The summed E-state index contributed by atoms with van der Waals surface area (Å²) in [5.41, 5.74) is 1.87. The van der Waals surface area contributed by atoms with Crippen molar-refractivity contribution in [3.05, 3.63) is 77.4 Å². The Morgan fingerprint density at radius 1 is 0.875 bits per heavy atom. The average Bonchev–Trinajstić information content (AvgIpc) is 2.54. The number of alkyl halides is 3. The number of ether oxygens (including phenoxy) is 1. The fourth-order valence-corrected chi connectivity index (χ4v) is 2.61. The molecule has 3 aromatic carbocycles. The van der Waals surface area contributed by atoms with Gasteiger partial charge in [-0.05, 0) is 47.5 Å². The van der Waals surface area contributed by atoms with Gasteiger partial charge in [0.05, 0.1) is 0 Å². The van der Waals surface area contributed by atoms with E-state index in [2.05, 4.69) is 4.74 Å². The Kier molecular flexibility index (Phi) is 4.01. The maximum absolute atomic E-state index is 12.7. The highest BCUT2D eigenvalue weighted by Gasteiger charge is 2.31. The molecule has 0 aliphatic carbocycles. The third-order valence-corrected chi connectivity index (χ3v) is 3.74. The maximum Gasteiger partial charge on any atom is 0.573 e. The van der Waals surface area contributed by atoms with Gasteiger partial charge in [0.2, 0.25) is 0 Å². The first-order chi connectivity index (χ1) is 11.3. The van der Waals surface area contributed by atoms with Crippen LogP contribution < -0.4 is 4.74 Å². The molecule has 24 heavy (non-hydrogen) atoms. The third kappa shape index (κ3) is 3.25. The number of carbonyl (C=O) groups is 1. The second-order valence-corrected chi connectivity index (χ2v) is 5.38. The van der Waals surface area contributed by atoms with Gasteiger partial charge >= 0.3 is 6.36 Å². The fourth-order valence-electron chi connectivity index (χ4n) is 2.61. The molecule has 3 aromatic rings. The van der Waals surface area contributed by atoms with Gasteiger partial charge in [-0.25, -0.2) is 0 Å². The van der Waals surface area contributed by atoms with Gasteiger partial charge in [-0.15, -0.1) is 13.2 Å². The summed E-state index contributed by atoms with van der Waals surface area (Å²) >= 11 is 0. The van der Waals surface area contributed by atoms with E-state index in [1.54, 1.807) is 6.07 Å². The first kappa shape index (κ1) is 16.1. The van der Waals surface area contributed by atoms with Crippen molar-refractivity contribution in [3.63, 3.8) is 0 Å². The number of ketones is 1. The van der Waals surface area contributed by atoms with E-state index in [4.69, 9.17) is 0 Å². The molecule has 0 fully saturated rings. The molecule has 0 heterocycles. The SMILES string of the molecule is Cc1ccc(C(=O)c2ccc(OC(F)(F)F)cc2)c2ccccc12. The minimum Gasteiger partial charge on any atom is -0.406 e. The van der Waals surface area contributed by atoms with Crippen LogP contribution in [0.25, 0.3) is 10.8 Å². The maximum atomic E-state index is 12.7. The molecule has 3 rings (SSSR count). The summed E-state index contributed by atoms with van der Waals surface area (Å²) in [6.07, 6.45) is -4.75. The number of halogens is 3. The minimum atomic E-state index is -4.75. The number of hydrogen-bond donors (Lipinski definition) is 0. The Labute approximate surface area is 136 Å². The van der Waals surface area contributed by atoms with Crippen molar-refractivity contribution in [2.24, 2.45) is 0 Å². The lowest BCUT2D eigenvalue weighted by Crippen LogP contribution is -2.17. The summed E-state index contributed by atoms with van der Waals surface area (Å²) in [7, 11) is 0. The quantitative estimate of drug-likeness (QED) is 0.611. The monoisotopic (exact) mass is 330 g/mol. The fraction of sp³-hybridized carbons (Fsp3) is 0.105. The molecule has 0 radical (unpaired) electrons. The van der Waals surface area contributed by atoms with E-state index in [1.807, 2.05) is 37.3 Å². The minimum absolute atomic E-state index is 0.246. The number of rotatable bonds is 3. The molecule has 0 saturated carbocycles. The van der Waals surface area contributed by atoms with E-state index < -0.39 is 6.36 Å². The van der Waals surface area contributed by atoms with E-state index in [0.29, 0.717) is 11.1 Å². The Hall–Kier alpha value is -2.82. The molecule has 5 heteroatoms. The molecule has 0 aliphatic rings. The topological polar surface area (TPSA) is 26.3 Å². The zero-order chi connectivity index (χ0) is 17.3. The number of hydrogen-bond acceptors (Lipinski definition) is 2. The van der Waals surface area contributed by atoms with Gasteiger partial charge < -0.3 is 4.74 Å². The van der Waals surface area contributed by atoms with Crippen molar-refractivity contribution < 1.29 is 22.7 Å². The molecule has 0 N–H and O–H groups in total. The lowest BCUT2D eigenvalue weighted by atomic mass is 9.95.